The van der Waals surface area contributed by atoms with E-state index in [1.807, 2.05) is 0 Å². The molecule has 168 valence electrons. The average molecular weight is 460 g/mol. The van der Waals surface area contributed by atoms with Gasteiger partial charge in [0.1, 0.15) is 11.6 Å². The quantitative estimate of drug-likeness (QED) is 0.416. The van der Waals surface area contributed by atoms with Crippen molar-refractivity contribution < 1.29 is 28.6 Å². The summed E-state index contributed by atoms with van der Waals surface area (Å²) < 4.78 is 19.4. The second-order valence-corrected chi connectivity index (χ2v) is 8.18. The summed E-state index contributed by atoms with van der Waals surface area (Å²) in [5, 5.41) is 19.2. The van der Waals surface area contributed by atoms with Crippen molar-refractivity contribution in [3.05, 3.63) is 76.7 Å². The van der Waals surface area contributed by atoms with Gasteiger partial charge < -0.3 is 14.6 Å². The predicted molar refractivity (Wildman–Crippen MR) is 117 cm³/mol. The molecule has 0 radical (unpaired) electrons. The number of aliphatic carboxylic acids is 1. The molecule has 1 heterocycles. The van der Waals surface area contributed by atoms with Crippen LogP contribution >= 0.6 is 11.6 Å². The summed E-state index contributed by atoms with van der Waals surface area (Å²) in [4.78, 5) is 27.9. The van der Waals surface area contributed by atoms with Gasteiger partial charge in [-0.3, -0.25) is 9.59 Å². The van der Waals surface area contributed by atoms with E-state index in [9.17, 15) is 24.2 Å². The number of carbonyl (C=O) groups excluding carboxylic acids is 1. The molecular formula is C24H23ClFNO5. The van der Waals surface area contributed by atoms with Crippen LogP contribution in [0.1, 0.15) is 34.9 Å². The lowest BCUT2D eigenvalue weighted by Gasteiger charge is -2.19. The number of hydrogen-bond acceptors (Lipinski definition) is 5. The van der Waals surface area contributed by atoms with Gasteiger partial charge in [0.05, 0.1) is 18.7 Å². The van der Waals surface area contributed by atoms with E-state index >= 15 is 0 Å². The van der Waals surface area contributed by atoms with E-state index in [1.165, 1.54) is 18.3 Å². The number of halogens is 2. The van der Waals surface area contributed by atoms with Gasteiger partial charge in [-0.25, -0.2) is 9.37 Å². The highest BCUT2D eigenvalue weighted by Crippen LogP contribution is 2.28. The van der Waals surface area contributed by atoms with E-state index in [-0.39, 0.29) is 36.3 Å². The molecule has 3 aromatic rings. The van der Waals surface area contributed by atoms with Gasteiger partial charge in [-0.05, 0) is 55.0 Å². The normalized spacial score (nSPS) is 13.0. The van der Waals surface area contributed by atoms with Crippen molar-refractivity contribution in [3.63, 3.8) is 0 Å². The molecule has 2 aromatic carbocycles. The first-order chi connectivity index (χ1) is 15.3. The number of Topliss-reactive ketones (excluding diaryl/α,β-unsaturated/α-hetero) is 1. The third kappa shape index (κ3) is 6.02. The van der Waals surface area contributed by atoms with E-state index in [0.717, 1.165) is 5.56 Å². The fourth-order valence-corrected chi connectivity index (χ4v) is 3.77. The maximum absolute atomic E-state index is 14.1. The van der Waals surface area contributed by atoms with Crippen LogP contribution < -0.4 is 0 Å². The minimum absolute atomic E-state index is 0.0184. The molecule has 32 heavy (non-hydrogen) atoms. The van der Waals surface area contributed by atoms with Crippen LogP contribution in [0.2, 0.25) is 5.02 Å². The van der Waals surface area contributed by atoms with E-state index < -0.39 is 18.5 Å². The van der Waals surface area contributed by atoms with Crippen molar-refractivity contribution in [2.24, 2.45) is 11.8 Å². The number of aromatic nitrogens is 1. The highest BCUT2D eigenvalue weighted by molar-refractivity contribution is 6.30. The number of ketones is 1. The number of nitrogens with zero attached hydrogens (tertiary/aromatic N) is 1. The molecule has 6 nitrogen and oxygen atoms in total. The molecule has 0 aliphatic carbocycles. The van der Waals surface area contributed by atoms with Gasteiger partial charge in [-0.1, -0.05) is 35.9 Å². The Balaban J connectivity index is 1.79. The summed E-state index contributed by atoms with van der Waals surface area (Å²) in [5.74, 6) is -2.70. The van der Waals surface area contributed by atoms with Crippen molar-refractivity contribution in [1.29, 1.82) is 0 Å². The summed E-state index contributed by atoms with van der Waals surface area (Å²) >= 11 is 5.98. The third-order valence-corrected chi connectivity index (χ3v) is 5.47. The molecule has 1 aromatic heterocycles. The average Bonchev–Trinajstić information content (AvgIpc) is 3.20. The predicted octanol–water partition coefficient (Wildman–Crippen LogP) is 4.96. The topological polar surface area (TPSA) is 101 Å². The van der Waals surface area contributed by atoms with Crippen molar-refractivity contribution in [2.75, 3.05) is 6.61 Å². The smallest absolute Gasteiger partial charge is 0.308 e. The fraction of sp³-hybridized carbons (Fsp3) is 0.292. The number of hydrogen-bond donors (Lipinski definition) is 2. The van der Waals surface area contributed by atoms with Crippen molar-refractivity contribution >= 4 is 23.4 Å². The first-order valence-electron chi connectivity index (χ1n) is 10.1. The molecule has 0 amide bonds. The SMILES string of the molecule is Cc1cnc(C(=O)C[C@H](Cc2ccc(-c3cc(Cl)ccc3F)cc2)C[C@@H](CO)C(=O)O)o1. The fourth-order valence-electron chi connectivity index (χ4n) is 3.60. The minimum Gasteiger partial charge on any atom is -0.481 e. The van der Waals surface area contributed by atoms with Crippen LogP contribution in [-0.4, -0.2) is 33.6 Å². The molecule has 0 unspecified atom stereocenters. The number of oxazole rings is 1. The van der Waals surface area contributed by atoms with Gasteiger partial charge in [0.2, 0.25) is 5.78 Å². The zero-order chi connectivity index (χ0) is 23.3. The molecule has 0 bridgehead atoms. The van der Waals surface area contributed by atoms with Crippen molar-refractivity contribution in [1.82, 2.24) is 4.98 Å². The Kier molecular flexibility index (Phi) is 7.77. The Labute approximate surface area is 189 Å². The number of rotatable bonds is 10. The second kappa shape index (κ2) is 10.5. The van der Waals surface area contributed by atoms with Gasteiger partial charge in [0.15, 0.2) is 0 Å². The first kappa shape index (κ1) is 23.6. The monoisotopic (exact) mass is 459 g/mol. The zero-order valence-electron chi connectivity index (χ0n) is 17.4. The number of carboxylic acid groups (broad SMARTS) is 1. The summed E-state index contributed by atoms with van der Waals surface area (Å²) in [7, 11) is 0. The Morgan fingerprint density at radius 3 is 2.50 bits per heavy atom. The Morgan fingerprint density at radius 1 is 1.19 bits per heavy atom. The summed E-state index contributed by atoms with van der Waals surface area (Å²) in [6.45, 7) is 1.16. The second-order valence-electron chi connectivity index (χ2n) is 7.75. The van der Waals surface area contributed by atoms with Crippen molar-refractivity contribution in [3.8, 4) is 11.1 Å². The zero-order valence-corrected chi connectivity index (χ0v) is 18.2. The van der Waals surface area contributed by atoms with Gasteiger partial charge in [-0.2, -0.15) is 0 Å². The number of carboxylic acids is 1. The molecule has 0 fully saturated rings. The molecule has 2 N–H and O–H groups in total. The summed E-state index contributed by atoms with van der Waals surface area (Å²) in [5.41, 5.74) is 1.87. The van der Waals surface area contributed by atoms with Crippen LogP contribution in [0.25, 0.3) is 11.1 Å². The molecule has 0 spiro atoms. The van der Waals surface area contributed by atoms with E-state index in [2.05, 4.69) is 4.98 Å². The van der Waals surface area contributed by atoms with Gasteiger partial charge >= 0.3 is 5.97 Å². The maximum atomic E-state index is 14.1. The number of aryl methyl sites for hydroxylation is 1. The number of aliphatic hydroxyl groups excluding tert-OH is 1. The molecule has 3 rings (SSSR count). The van der Waals surface area contributed by atoms with Crippen LogP contribution in [0, 0.1) is 24.6 Å². The van der Waals surface area contributed by atoms with Crippen LogP contribution in [0.3, 0.4) is 0 Å². The number of carbonyl (C=O) groups is 2. The molecule has 0 aliphatic heterocycles. The van der Waals surface area contributed by atoms with Crippen LogP contribution in [0.15, 0.2) is 53.1 Å². The highest BCUT2D eigenvalue weighted by Gasteiger charge is 2.26. The van der Waals surface area contributed by atoms with Gasteiger partial charge in [0, 0.05) is 17.0 Å². The standard InChI is InChI=1S/C24H23ClFNO5/c1-14-12-27-23(32-14)22(29)10-16(9-18(13-28)24(30)31)8-15-2-4-17(5-3-15)20-11-19(25)6-7-21(20)26/h2-7,11-12,16,18,28H,8-10,13H2,1H3,(H,30,31)/t16-,18+/m1/s1. The summed E-state index contributed by atoms with van der Waals surface area (Å²) in [6, 6.07) is 11.4. The summed E-state index contributed by atoms with van der Waals surface area (Å²) in [6.07, 6.45) is 1.98. The lowest BCUT2D eigenvalue weighted by molar-refractivity contribution is -0.143. The van der Waals surface area contributed by atoms with Crippen LogP contribution in [0.5, 0.6) is 0 Å². The van der Waals surface area contributed by atoms with Crippen molar-refractivity contribution in [2.45, 2.75) is 26.2 Å². The lowest BCUT2D eigenvalue weighted by atomic mass is 9.85. The molecule has 0 saturated heterocycles. The van der Waals surface area contributed by atoms with E-state index in [1.54, 1.807) is 37.3 Å². The van der Waals surface area contributed by atoms with E-state index in [4.69, 9.17) is 16.0 Å². The molecule has 2 atom stereocenters. The molecular weight excluding hydrogens is 437 g/mol. The lowest BCUT2D eigenvalue weighted by Crippen LogP contribution is -2.24. The van der Waals surface area contributed by atoms with Crippen LogP contribution in [0.4, 0.5) is 4.39 Å². The number of benzene rings is 2. The van der Waals surface area contributed by atoms with Gasteiger partial charge in [0.25, 0.3) is 5.89 Å². The Bertz CT molecular complexity index is 1100. The minimum atomic E-state index is -1.12. The number of aliphatic hydroxyl groups is 1. The van der Waals surface area contributed by atoms with E-state index in [0.29, 0.717) is 28.3 Å². The Morgan fingerprint density at radius 2 is 1.91 bits per heavy atom. The highest BCUT2D eigenvalue weighted by atomic mass is 35.5. The molecule has 0 aliphatic rings. The third-order valence-electron chi connectivity index (χ3n) is 5.24. The van der Waals surface area contributed by atoms with Crippen LogP contribution in [-0.2, 0) is 11.2 Å². The molecule has 8 heteroatoms. The maximum Gasteiger partial charge on any atom is 0.308 e. The first-order valence-corrected chi connectivity index (χ1v) is 10.5. The largest absolute Gasteiger partial charge is 0.481 e. The van der Waals surface area contributed by atoms with Gasteiger partial charge in [-0.15, -0.1) is 0 Å². The Hall–Kier alpha value is -3.03. The molecule has 0 saturated carbocycles.